The van der Waals surface area contributed by atoms with E-state index in [1.165, 1.54) is 0 Å². The van der Waals surface area contributed by atoms with Crippen LogP contribution in [0.15, 0.2) is 35.6 Å². The molecule has 7 heteroatoms. The molecular formula is C18H28IN5O. The summed E-state index contributed by atoms with van der Waals surface area (Å²) in [5.41, 5.74) is 2.09. The van der Waals surface area contributed by atoms with Crippen LogP contribution < -0.4 is 5.32 Å². The van der Waals surface area contributed by atoms with Gasteiger partial charge in [0.2, 0.25) is 0 Å². The first kappa shape index (κ1) is 20.0. The van der Waals surface area contributed by atoms with E-state index in [-0.39, 0.29) is 24.0 Å². The molecule has 3 heterocycles. The van der Waals surface area contributed by atoms with E-state index >= 15 is 0 Å². The van der Waals surface area contributed by atoms with E-state index in [2.05, 4.69) is 37.7 Å². The Kier molecular flexibility index (Phi) is 7.95. The van der Waals surface area contributed by atoms with Crippen molar-refractivity contribution in [3.05, 3.63) is 36.3 Å². The maximum atomic E-state index is 5.71. The van der Waals surface area contributed by atoms with Crippen molar-refractivity contribution >= 4 is 35.6 Å². The molecule has 25 heavy (non-hydrogen) atoms. The largest absolute Gasteiger partial charge is 0.378 e. The van der Waals surface area contributed by atoms with Crippen LogP contribution in [0.2, 0.25) is 0 Å². The Balaban J connectivity index is 0.00000225. The van der Waals surface area contributed by atoms with Crippen molar-refractivity contribution in [2.45, 2.75) is 32.3 Å². The Morgan fingerprint density at radius 3 is 2.84 bits per heavy atom. The highest BCUT2D eigenvalue weighted by Gasteiger charge is 2.21. The fourth-order valence-corrected chi connectivity index (χ4v) is 3.21. The number of hydrogen-bond donors (Lipinski definition) is 1. The van der Waals surface area contributed by atoms with Crippen molar-refractivity contribution in [2.75, 3.05) is 33.3 Å². The van der Waals surface area contributed by atoms with Crippen molar-refractivity contribution in [2.24, 2.45) is 4.99 Å². The summed E-state index contributed by atoms with van der Waals surface area (Å²) in [6, 6.07) is 6.06. The maximum Gasteiger partial charge on any atom is 0.193 e. The second-order valence-electron chi connectivity index (χ2n) is 6.06. The smallest absolute Gasteiger partial charge is 0.193 e. The molecular weight excluding hydrogens is 429 g/mol. The Bertz CT molecular complexity index is 646. The van der Waals surface area contributed by atoms with Crippen LogP contribution in [0.25, 0.3) is 5.65 Å². The molecule has 0 bridgehead atoms. The fraction of sp³-hybridized carbons (Fsp3) is 0.556. The zero-order valence-electron chi connectivity index (χ0n) is 15.0. The Hall–Kier alpha value is -1.35. The number of rotatable bonds is 5. The van der Waals surface area contributed by atoms with Crippen LogP contribution in [0.4, 0.5) is 0 Å². The van der Waals surface area contributed by atoms with Gasteiger partial charge in [0.1, 0.15) is 5.65 Å². The van der Waals surface area contributed by atoms with Crippen LogP contribution >= 0.6 is 24.0 Å². The average Bonchev–Trinajstić information content (AvgIpc) is 3.03. The molecule has 0 aliphatic carbocycles. The van der Waals surface area contributed by atoms with Gasteiger partial charge in [-0.15, -0.1) is 24.0 Å². The van der Waals surface area contributed by atoms with E-state index in [4.69, 9.17) is 4.74 Å². The van der Waals surface area contributed by atoms with Crippen LogP contribution in [-0.4, -0.2) is 59.6 Å². The van der Waals surface area contributed by atoms with Crippen molar-refractivity contribution in [3.8, 4) is 0 Å². The quantitative estimate of drug-likeness (QED) is 0.426. The average molecular weight is 457 g/mol. The third-order valence-electron chi connectivity index (χ3n) is 4.43. The predicted octanol–water partition coefficient (Wildman–Crippen LogP) is 2.57. The van der Waals surface area contributed by atoms with E-state index in [9.17, 15) is 0 Å². The molecule has 6 nitrogen and oxygen atoms in total. The molecule has 0 saturated carbocycles. The number of halogens is 1. The van der Waals surface area contributed by atoms with Gasteiger partial charge < -0.3 is 19.4 Å². The highest BCUT2D eigenvalue weighted by Crippen LogP contribution is 2.13. The minimum absolute atomic E-state index is 0. The number of guanidine groups is 1. The van der Waals surface area contributed by atoms with Gasteiger partial charge in [0.05, 0.1) is 11.8 Å². The van der Waals surface area contributed by atoms with Crippen LogP contribution in [0.3, 0.4) is 0 Å². The number of likely N-dealkylation sites (tertiary alicyclic amines) is 1. The van der Waals surface area contributed by atoms with E-state index in [1.54, 1.807) is 0 Å². The van der Waals surface area contributed by atoms with Crippen LogP contribution in [-0.2, 0) is 11.2 Å². The zero-order chi connectivity index (χ0) is 16.8. The molecule has 1 aliphatic heterocycles. The summed E-state index contributed by atoms with van der Waals surface area (Å²) in [5.74, 6) is 0.980. The van der Waals surface area contributed by atoms with Gasteiger partial charge in [0, 0.05) is 52.1 Å². The summed E-state index contributed by atoms with van der Waals surface area (Å²) in [6.45, 7) is 5.70. The minimum atomic E-state index is 0. The number of piperidine rings is 1. The molecule has 2 aromatic heterocycles. The monoisotopic (exact) mass is 457 g/mol. The summed E-state index contributed by atoms with van der Waals surface area (Å²) in [5, 5.41) is 3.46. The number of nitrogens with zero attached hydrogens (tertiary/aromatic N) is 4. The minimum Gasteiger partial charge on any atom is -0.378 e. The highest BCUT2D eigenvalue weighted by atomic mass is 127. The normalized spacial score (nSPS) is 16.1. The van der Waals surface area contributed by atoms with Crippen molar-refractivity contribution in [1.29, 1.82) is 0 Å². The number of pyridine rings is 1. The van der Waals surface area contributed by atoms with Gasteiger partial charge >= 0.3 is 0 Å². The first-order valence-corrected chi connectivity index (χ1v) is 8.80. The topological polar surface area (TPSA) is 54.2 Å². The lowest BCUT2D eigenvalue weighted by molar-refractivity contribution is 0.0264. The number of imidazole rings is 1. The molecule has 0 radical (unpaired) electrons. The molecule has 1 fully saturated rings. The van der Waals surface area contributed by atoms with Gasteiger partial charge in [-0.2, -0.15) is 0 Å². The summed E-state index contributed by atoms with van der Waals surface area (Å²) >= 11 is 0. The van der Waals surface area contributed by atoms with E-state index < -0.39 is 0 Å². The summed E-state index contributed by atoms with van der Waals surface area (Å²) in [4.78, 5) is 11.4. The van der Waals surface area contributed by atoms with Crippen LogP contribution in [0.1, 0.15) is 25.5 Å². The van der Waals surface area contributed by atoms with Crippen molar-refractivity contribution in [1.82, 2.24) is 19.6 Å². The molecule has 138 valence electrons. The Morgan fingerprint density at radius 2 is 2.16 bits per heavy atom. The second-order valence-corrected chi connectivity index (χ2v) is 6.06. The first-order valence-electron chi connectivity index (χ1n) is 8.80. The van der Waals surface area contributed by atoms with Gasteiger partial charge in [0.15, 0.2) is 5.96 Å². The lowest BCUT2D eigenvalue weighted by atomic mass is 10.1. The summed E-state index contributed by atoms with van der Waals surface area (Å²) in [6.07, 6.45) is 7.55. The van der Waals surface area contributed by atoms with E-state index in [1.807, 2.05) is 31.4 Å². The second kappa shape index (κ2) is 9.96. The third kappa shape index (κ3) is 5.31. The molecule has 0 unspecified atom stereocenters. The highest BCUT2D eigenvalue weighted by molar-refractivity contribution is 14.0. The summed E-state index contributed by atoms with van der Waals surface area (Å²) < 4.78 is 7.77. The number of nitrogens with one attached hydrogen (secondary N) is 1. The molecule has 1 aliphatic rings. The lowest BCUT2D eigenvalue weighted by Gasteiger charge is -2.34. The van der Waals surface area contributed by atoms with Gasteiger partial charge in [-0.05, 0) is 31.9 Å². The van der Waals surface area contributed by atoms with Crippen LogP contribution in [0, 0.1) is 0 Å². The number of aliphatic imine (C=N–C) groups is 1. The number of ether oxygens (including phenoxy) is 1. The van der Waals surface area contributed by atoms with Gasteiger partial charge in [-0.25, -0.2) is 4.98 Å². The molecule has 0 atom stereocenters. The summed E-state index contributed by atoms with van der Waals surface area (Å²) in [7, 11) is 1.85. The number of aromatic nitrogens is 2. The molecule has 1 saturated heterocycles. The fourth-order valence-electron chi connectivity index (χ4n) is 3.21. The van der Waals surface area contributed by atoms with E-state index in [0.29, 0.717) is 6.10 Å². The Labute approximate surface area is 166 Å². The zero-order valence-corrected chi connectivity index (χ0v) is 17.3. The first-order chi connectivity index (χ1) is 11.8. The molecule has 0 spiro atoms. The molecule has 1 N–H and O–H groups in total. The van der Waals surface area contributed by atoms with Crippen LogP contribution in [0.5, 0.6) is 0 Å². The van der Waals surface area contributed by atoms with Gasteiger partial charge in [-0.3, -0.25) is 4.99 Å². The third-order valence-corrected chi connectivity index (χ3v) is 4.43. The predicted molar refractivity (Wildman–Crippen MR) is 112 cm³/mol. The molecule has 0 aromatic carbocycles. The molecule has 3 rings (SSSR count). The van der Waals surface area contributed by atoms with Gasteiger partial charge in [-0.1, -0.05) is 6.07 Å². The molecule has 2 aromatic rings. The van der Waals surface area contributed by atoms with E-state index in [0.717, 1.165) is 62.8 Å². The van der Waals surface area contributed by atoms with Crippen molar-refractivity contribution in [3.63, 3.8) is 0 Å². The van der Waals surface area contributed by atoms with Gasteiger partial charge in [0.25, 0.3) is 0 Å². The number of fused-ring (bicyclic) bond motifs is 1. The van der Waals surface area contributed by atoms with Crippen molar-refractivity contribution < 1.29 is 4.74 Å². The Morgan fingerprint density at radius 1 is 1.36 bits per heavy atom. The lowest BCUT2D eigenvalue weighted by Crippen LogP contribution is -2.47. The number of hydrogen-bond acceptors (Lipinski definition) is 3. The maximum absolute atomic E-state index is 5.71. The molecule has 0 amide bonds. The SMILES string of the molecule is CCOC1CCN(C(=NC)NCCc2cn3ccccc3n2)CC1.I. The standard InChI is InChI=1S/C18H27N5O.HI/c1-3-24-16-8-12-22(13-9-16)18(19-2)20-10-7-15-14-23-11-5-4-6-17(23)21-15;/h4-6,11,14,16H,3,7-10,12-13H2,1-2H3,(H,19,20);1H.